The van der Waals surface area contributed by atoms with Crippen molar-refractivity contribution < 1.29 is 19.3 Å². The van der Waals surface area contributed by atoms with Crippen molar-refractivity contribution in [3.05, 3.63) is 66.0 Å². The average molecular weight is 316 g/mol. The molecule has 0 radical (unpaired) electrons. The molecule has 2 N–H and O–H groups in total. The summed E-state index contributed by atoms with van der Waals surface area (Å²) < 4.78 is 19.5. The summed E-state index contributed by atoms with van der Waals surface area (Å²) in [6.07, 6.45) is 0.569. The predicted molar refractivity (Wildman–Crippen MR) is 88.7 cm³/mol. The van der Waals surface area contributed by atoms with Crippen molar-refractivity contribution in [2.24, 2.45) is 0 Å². The van der Waals surface area contributed by atoms with Gasteiger partial charge >= 0.3 is 0 Å². The molecular formula is C19H21FO3. The Hall–Kier alpha value is -2.17. The average Bonchev–Trinajstić information content (AvgIpc) is 2.55. The predicted octanol–water partition coefficient (Wildman–Crippen LogP) is 3.69. The van der Waals surface area contributed by atoms with Crippen molar-refractivity contribution in [3.8, 4) is 16.9 Å². The molecule has 1 atom stereocenters. The number of hydrogen-bond donors (Lipinski definition) is 2. The Morgan fingerprint density at radius 3 is 2.48 bits per heavy atom. The molecule has 2 aromatic rings. The van der Waals surface area contributed by atoms with Crippen LogP contribution in [0.1, 0.15) is 18.9 Å². The Morgan fingerprint density at radius 1 is 1.22 bits per heavy atom. The number of hydrogen-bond acceptors (Lipinski definition) is 3. The molecule has 2 rings (SSSR count). The van der Waals surface area contributed by atoms with Crippen LogP contribution in [0.25, 0.3) is 11.1 Å². The summed E-state index contributed by atoms with van der Waals surface area (Å²) in [5, 5.41) is 18.5. The highest BCUT2D eigenvalue weighted by Gasteiger charge is 2.10. The van der Waals surface area contributed by atoms with E-state index < -0.39 is 6.29 Å². The zero-order valence-electron chi connectivity index (χ0n) is 13.1. The second-order valence-corrected chi connectivity index (χ2v) is 5.38. The van der Waals surface area contributed by atoms with Crippen molar-refractivity contribution >= 4 is 0 Å². The van der Waals surface area contributed by atoms with E-state index in [4.69, 9.17) is 9.84 Å². The Bertz CT molecular complexity index is 665. The lowest BCUT2D eigenvalue weighted by atomic mass is 10.0. The van der Waals surface area contributed by atoms with Gasteiger partial charge in [-0.15, -0.1) is 0 Å². The van der Waals surface area contributed by atoms with Crippen LogP contribution in [0.4, 0.5) is 4.39 Å². The molecule has 0 spiro atoms. The number of rotatable bonds is 7. The van der Waals surface area contributed by atoms with Gasteiger partial charge in [0.15, 0.2) is 0 Å². The van der Waals surface area contributed by atoms with Crippen molar-refractivity contribution in [3.63, 3.8) is 0 Å². The van der Waals surface area contributed by atoms with Gasteiger partial charge in [0.1, 0.15) is 11.6 Å². The maximum Gasteiger partial charge on any atom is 0.222 e. The van der Waals surface area contributed by atoms with Gasteiger partial charge in [0.25, 0.3) is 0 Å². The number of aliphatic hydroxyl groups is 2. The monoisotopic (exact) mass is 316 g/mol. The summed E-state index contributed by atoms with van der Waals surface area (Å²) >= 11 is 0. The zero-order chi connectivity index (χ0) is 16.8. The highest BCUT2D eigenvalue weighted by Crippen LogP contribution is 2.26. The highest BCUT2D eigenvalue weighted by molar-refractivity contribution is 5.65. The van der Waals surface area contributed by atoms with Crippen LogP contribution in [-0.2, 0) is 6.42 Å². The third-order valence-corrected chi connectivity index (χ3v) is 3.54. The quantitative estimate of drug-likeness (QED) is 0.605. The molecule has 0 saturated carbocycles. The molecule has 2 aromatic carbocycles. The fraction of sp³-hybridized carbons (Fsp3) is 0.263. The van der Waals surface area contributed by atoms with Gasteiger partial charge in [-0.1, -0.05) is 44.2 Å². The molecular weight excluding hydrogens is 295 g/mol. The van der Waals surface area contributed by atoms with Crippen LogP contribution in [0.2, 0.25) is 0 Å². The summed E-state index contributed by atoms with van der Waals surface area (Å²) in [5.41, 5.74) is 2.41. The first kappa shape index (κ1) is 17.2. The first-order valence-corrected chi connectivity index (χ1v) is 7.57. The lowest BCUT2D eigenvalue weighted by Crippen LogP contribution is -2.19. The van der Waals surface area contributed by atoms with Gasteiger partial charge in [0.2, 0.25) is 6.29 Å². The minimum atomic E-state index is -1.27. The van der Waals surface area contributed by atoms with Crippen molar-refractivity contribution in [2.75, 3.05) is 6.61 Å². The lowest BCUT2D eigenvalue weighted by Gasteiger charge is -2.14. The lowest BCUT2D eigenvalue weighted by molar-refractivity contribution is 0.00743. The van der Waals surface area contributed by atoms with Gasteiger partial charge in [-0.05, 0) is 35.7 Å². The largest absolute Gasteiger partial charge is 0.461 e. The third-order valence-electron chi connectivity index (χ3n) is 3.54. The van der Waals surface area contributed by atoms with Crippen LogP contribution in [0.3, 0.4) is 0 Å². The minimum Gasteiger partial charge on any atom is -0.461 e. The Kier molecular flexibility index (Phi) is 5.90. The van der Waals surface area contributed by atoms with Crippen LogP contribution < -0.4 is 4.74 Å². The van der Waals surface area contributed by atoms with E-state index in [-0.39, 0.29) is 18.0 Å². The van der Waals surface area contributed by atoms with E-state index >= 15 is 0 Å². The minimum absolute atomic E-state index is 0.173. The van der Waals surface area contributed by atoms with Gasteiger partial charge in [0, 0.05) is 11.1 Å². The SMILES string of the molecule is C=C(CO)C(O)Oc1ccc(-c2ccc(CCC)cc2F)cc1. The van der Waals surface area contributed by atoms with E-state index in [1.165, 1.54) is 0 Å². The van der Waals surface area contributed by atoms with Gasteiger partial charge in [-0.2, -0.15) is 0 Å². The fourth-order valence-corrected chi connectivity index (χ4v) is 2.24. The number of aryl methyl sites for hydroxylation is 1. The van der Waals surface area contributed by atoms with Crippen molar-refractivity contribution in [2.45, 2.75) is 26.1 Å². The second kappa shape index (κ2) is 7.90. The van der Waals surface area contributed by atoms with Crippen LogP contribution in [0.5, 0.6) is 5.75 Å². The normalized spacial score (nSPS) is 12.0. The maximum atomic E-state index is 14.2. The van der Waals surface area contributed by atoms with Gasteiger partial charge in [-0.25, -0.2) is 4.39 Å². The van der Waals surface area contributed by atoms with E-state index in [0.717, 1.165) is 24.0 Å². The molecule has 122 valence electrons. The fourth-order valence-electron chi connectivity index (χ4n) is 2.24. The van der Waals surface area contributed by atoms with Crippen LogP contribution in [0.15, 0.2) is 54.6 Å². The molecule has 0 aliphatic rings. The number of benzene rings is 2. The summed E-state index contributed by atoms with van der Waals surface area (Å²) in [7, 11) is 0. The topological polar surface area (TPSA) is 49.7 Å². The smallest absolute Gasteiger partial charge is 0.222 e. The summed E-state index contributed by atoms with van der Waals surface area (Å²) in [6.45, 7) is 5.20. The third kappa shape index (κ3) is 4.41. The number of aliphatic hydroxyl groups excluding tert-OH is 2. The van der Waals surface area contributed by atoms with E-state index in [2.05, 4.69) is 13.5 Å². The van der Waals surface area contributed by atoms with Gasteiger partial charge in [-0.3, -0.25) is 0 Å². The van der Waals surface area contributed by atoms with E-state index in [0.29, 0.717) is 11.3 Å². The van der Waals surface area contributed by atoms with Gasteiger partial charge < -0.3 is 14.9 Å². The molecule has 0 aliphatic carbocycles. The molecule has 0 aliphatic heterocycles. The van der Waals surface area contributed by atoms with Crippen LogP contribution >= 0.6 is 0 Å². The van der Waals surface area contributed by atoms with Gasteiger partial charge in [0.05, 0.1) is 6.61 Å². The second-order valence-electron chi connectivity index (χ2n) is 5.38. The summed E-state index contributed by atoms with van der Waals surface area (Å²) in [6, 6.07) is 12.0. The Morgan fingerprint density at radius 2 is 1.91 bits per heavy atom. The molecule has 0 aromatic heterocycles. The molecule has 0 bridgehead atoms. The summed E-state index contributed by atoms with van der Waals surface area (Å²) in [4.78, 5) is 0. The van der Waals surface area contributed by atoms with E-state index in [1.54, 1.807) is 36.4 Å². The number of halogens is 1. The Labute approximate surface area is 135 Å². The summed E-state index contributed by atoms with van der Waals surface area (Å²) in [5.74, 6) is 0.164. The molecule has 0 fully saturated rings. The van der Waals surface area contributed by atoms with Crippen LogP contribution in [0, 0.1) is 5.82 Å². The molecule has 0 heterocycles. The first-order chi connectivity index (χ1) is 11.0. The molecule has 3 nitrogen and oxygen atoms in total. The number of ether oxygens (including phenoxy) is 1. The van der Waals surface area contributed by atoms with Crippen LogP contribution in [-0.4, -0.2) is 23.1 Å². The molecule has 0 saturated heterocycles. The van der Waals surface area contributed by atoms with Crippen molar-refractivity contribution in [1.82, 2.24) is 0 Å². The molecule has 23 heavy (non-hydrogen) atoms. The maximum absolute atomic E-state index is 14.2. The zero-order valence-corrected chi connectivity index (χ0v) is 13.1. The molecule has 0 amide bonds. The van der Waals surface area contributed by atoms with E-state index in [1.807, 2.05) is 6.07 Å². The Balaban J connectivity index is 2.15. The standard InChI is InChI=1S/C19H21FO3/c1-3-4-14-5-10-17(18(20)11-14)15-6-8-16(9-7-15)23-19(22)13(2)12-21/h5-11,19,21-22H,2-4,12H2,1H3. The van der Waals surface area contributed by atoms with Crippen molar-refractivity contribution in [1.29, 1.82) is 0 Å². The first-order valence-electron chi connectivity index (χ1n) is 7.57. The molecule has 4 heteroatoms. The van der Waals surface area contributed by atoms with E-state index in [9.17, 15) is 9.50 Å². The highest BCUT2D eigenvalue weighted by atomic mass is 19.1. The molecule has 1 unspecified atom stereocenters.